The van der Waals surface area contributed by atoms with Gasteiger partial charge in [0.1, 0.15) is 0 Å². The van der Waals surface area contributed by atoms with Gasteiger partial charge in [-0.2, -0.15) is 4.39 Å². The monoisotopic (exact) mass is 196 g/mol. The number of benzene rings is 1. The molecule has 0 aliphatic rings. The van der Waals surface area contributed by atoms with Gasteiger partial charge in [-0.3, -0.25) is 10.1 Å². The topological polar surface area (TPSA) is 69.2 Å². The van der Waals surface area contributed by atoms with Crippen molar-refractivity contribution < 1.29 is 9.31 Å². The third kappa shape index (κ3) is 1.94. The first-order chi connectivity index (χ1) is 6.56. The van der Waals surface area contributed by atoms with E-state index in [1.54, 1.807) is 0 Å². The van der Waals surface area contributed by atoms with Crippen LogP contribution in [0.1, 0.15) is 5.56 Å². The maximum atomic E-state index is 12.9. The van der Waals surface area contributed by atoms with Crippen LogP contribution in [-0.4, -0.2) is 11.5 Å². The molecule has 0 saturated carbocycles. The molecule has 0 aliphatic heterocycles. The smallest absolute Gasteiger partial charge is 0.305 e. The predicted octanol–water partition coefficient (Wildman–Crippen LogP) is 1.71. The highest BCUT2D eigenvalue weighted by atomic mass is 19.1. The average Bonchev–Trinajstić information content (AvgIpc) is 2.17. The van der Waals surface area contributed by atoms with Gasteiger partial charge < -0.3 is 5.73 Å². The molecule has 0 unspecified atom stereocenters. The molecule has 0 bridgehead atoms. The molecular weight excluding hydrogens is 187 g/mol. The number of nitrogens with zero attached hydrogens (tertiary/aromatic N) is 1. The molecule has 0 heterocycles. The first-order valence-corrected chi connectivity index (χ1v) is 3.88. The second kappa shape index (κ2) is 3.97. The highest BCUT2D eigenvalue weighted by Gasteiger charge is 2.14. The molecule has 1 aromatic carbocycles. The molecule has 0 fully saturated rings. The highest BCUT2D eigenvalue weighted by molar-refractivity contribution is 5.66. The van der Waals surface area contributed by atoms with Crippen LogP contribution in [0.25, 0.3) is 5.57 Å². The van der Waals surface area contributed by atoms with Crippen molar-refractivity contribution in [2.24, 2.45) is 5.73 Å². The number of rotatable bonds is 3. The summed E-state index contributed by atoms with van der Waals surface area (Å²) in [5, 5.41) is 10.4. The molecule has 0 radical (unpaired) electrons. The van der Waals surface area contributed by atoms with Gasteiger partial charge >= 0.3 is 5.69 Å². The standard InChI is InChI=1S/C9H9FN2O2/c1-6(5-11)7-2-3-8(10)9(4-7)12(13)14/h2-4H,1,5,11H2. The predicted molar refractivity (Wildman–Crippen MR) is 51.1 cm³/mol. The van der Waals surface area contributed by atoms with Crippen LogP contribution in [0.4, 0.5) is 10.1 Å². The number of hydrogen-bond acceptors (Lipinski definition) is 3. The van der Waals surface area contributed by atoms with Gasteiger partial charge in [-0.05, 0) is 17.2 Å². The van der Waals surface area contributed by atoms with E-state index in [9.17, 15) is 14.5 Å². The van der Waals surface area contributed by atoms with Crippen molar-refractivity contribution in [2.45, 2.75) is 0 Å². The number of hydrogen-bond donors (Lipinski definition) is 1. The van der Waals surface area contributed by atoms with Crippen LogP contribution in [0.2, 0.25) is 0 Å². The Morgan fingerprint density at radius 1 is 1.64 bits per heavy atom. The molecule has 0 spiro atoms. The Kier molecular flexibility index (Phi) is 2.93. The Morgan fingerprint density at radius 3 is 2.79 bits per heavy atom. The van der Waals surface area contributed by atoms with E-state index < -0.39 is 16.4 Å². The molecule has 5 heteroatoms. The molecule has 74 valence electrons. The number of nitrogens with two attached hydrogens (primary N) is 1. The molecule has 14 heavy (non-hydrogen) atoms. The van der Waals surface area contributed by atoms with Crippen LogP contribution in [0.15, 0.2) is 24.8 Å². The van der Waals surface area contributed by atoms with Crippen LogP contribution in [-0.2, 0) is 0 Å². The molecule has 1 rings (SSSR count). The summed E-state index contributed by atoms with van der Waals surface area (Å²) < 4.78 is 12.9. The average molecular weight is 196 g/mol. The van der Waals surface area contributed by atoms with E-state index in [1.165, 1.54) is 6.07 Å². The Bertz CT molecular complexity index is 390. The lowest BCUT2D eigenvalue weighted by molar-refractivity contribution is -0.387. The zero-order valence-electron chi connectivity index (χ0n) is 7.37. The van der Waals surface area contributed by atoms with Crippen LogP contribution in [0.3, 0.4) is 0 Å². The van der Waals surface area contributed by atoms with Crippen molar-refractivity contribution in [3.8, 4) is 0 Å². The van der Waals surface area contributed by atoms with Crippen molar-refractivity contribution in [1.82, 2.24) is 0 Å². The Labute approximate surface area is 80.0 Å². The van der Waals surface area contributed by atoms with E-state index in [0.29, 0.717) is 11.1 Å². The maximum absolute atomic E-state index is 12.9. The molecule has 2 N–H and O–H groups in total. The highest BCUT2D eigenvalue weighted by Crippen LogP contribution is 2.21. The quantitative estimate of drug-likeness (QED) is 0.591. The van der Waals surface area contributed by atoms with Crippen LogP contribution < -0.4 is 5.73 Å². The first kappa shape index (κ1) is 10.3. The summed E-state index contributed by atoms with van der Waals surface area (Å²) in [5.74, 6) is -0.858. The number of nitro groups is 1. The summed E-state index contributed by atoms with van der Waals surface area (Å²) in [7, 11) is 0. The van der Waals surface area contributed by atoms with Crippen LogP contribution in [0.5, 0.6) is 0 Å². The molecule has 4 nitrogen and oxygen atoms in total. The minimum Gasteiger partial charge on any atom is -0.326 e. The summed E-state index contributed by atoms with van der Waals surface area (Å²) in [6, 6.07) is 3.58. The third-order valence-corrected chi connectivity index (χ3v) is 1.80. The second-order valence-corrected chi connectivity index (χ2v) is 2.73. The van der Waals surface area contributed by atoms with E-state index in [2.05, 4.69) is 6.58 Å². The van der Waals surface area contributed by atoms with Gasteiger partial charge in [0.05, 0.1) is 4.92 Å². The van der Waals surface area contributed by atoms with E-state index >= 15 is 0 Å². The Morgan fingerprint density at radius 2 is 2.29 bits per heavy atom. The second-order valence-electron chi connectivity index (χ2n) is 2.73. The first-order valence-electron chi connectivity index (χ1n) is 3.88. The summed E-state index contributed by atoms with van der Waals surface area (Å²) in [6.07, 6.45) is 0. The van der Waals surface area contributed by atoms with Crippen molar-refractivity contribution in [3.05, 3.63) is 46.3 Å². The summed E-state index contributed by atoms with van der Waals surface area (Å²) in [5.41, 5.74) is 5.77. The number of halogens is 1. The van der Waals surface area contributed by atoms with Crippen molar-refractivity contribution >= 4 is 11.3 Å². The minimum absolute atomic E-state index is 0.183. The fraction of sp³-hybridized carbons (Fsp3) is 0.111. The maximum Gasteiger partial charge on any atom is 0.305 e. The molecule has 0 aliphatic carbocycles. The fourth-order valence-electron chi connectivity index (χ4n) is 0.990. The third-order valence-electron chi connectivity index (χ3n) is 1.80. The molecule has 0 aromatic heterocycles. The molecular formula is C9H9FN2O2. The van der Waals surface area contributed by atoms with E-state index in [-0.39, 0.29) is 6.54 Å². The van der Waals surface area contributed by atoms with Crippen LogP contribution in [0, 0.1) is 15.9 Å². The van der Waals surface area contributed by atoms with Crippen molar-refractivity contribution in [1.29, 1.82) is 0 Å². The Hall–Kier alpha value is -1.75. The summed E-state index contributed by atoms with van der Waals surface area (Å²) in [4.78, 5) is 9.61. The van der Waals surface area contributed by atoms with Crippen molar-refractivity contribution in [3.63, 3.8) is 0 Å². The van der Waals surface area contributed by atoms with Gasteiger partial charge in [-0.25, -0.2) is 0 Å². The fourth-order valence-corrected chi connectivity index (χ4v) is 0.990. The van der Waals surface area contributed by atoms with E-state index in [1.807, 2.05) is 0 Å². The lowest BCUT2D eigenvalue weighted by Gasteiger charge is -2.02. The summed E-state index contributed by atoms with van der Waals surface area (Å²) in [6.45, 7) is 3.79. The zero-order valence-corrected chi connectivity index (χ0v) is 7.37. The molecule has 0 atom stereocenters. The molecule has 0 saturated heterocycles. The van der Waals surface area contributed by atoms with Gasteiger partial charge in [-0.1, -0.05) is 12.6 Å². The molecule has 1 aromatic rings. The SMILES string of the molecule is C=C(CN)c1ccc(F)c([N+](=O)[O-])c1. The van der Waals surface area contributed by atoms with E-state index in [4.69, 9.17) is 5.73 Å². The molecule has 0 amide bonds. The lowest BCUT2D eigenvalue weighted by atomic mass is 10.1. The van der Waals surface area contributed by atoms with Gasteiger partial charge in [-0.15, -0.1) is 0 Å². The van der Waals surface area contributed by atoms with Crippen LogP contribution >= 0.6 is 0 Å². The normalized spacial score (nSPS) is 9.86. The zero-order chi connectivity index (χ0) is 10.7. The minimum atomic E-state index is -0.858. The van der Waals surface area contributed by atoms with Gasteiger partial charge in [0.2, 0.25) is 5.82 Å². The van der Waals surface area contributed by atoms with Gasteiger partial charge in [0.25, 0.3) is 0 Å². The van der Waals surface area contributed by atoms with Crippen molar-refractivity contribution in [2.75, 3.05) is 6.54 Å². The van der Waals surface area contributed by atoms with E-state index in [0.717, 1.165) is 12.1 Å². The Balaban J connectivity index is 3.19. The lowest BCUT2D eigenvalue weighted by Crippen LogP contribution is -2.02. The van der Waals surface area contributed by atoms with Gasteiger partial charge in [0.15, 0.2) is 0 Å². The number of nitro benzene ring substituents is 1. The summed E-state index contributed by atoms with van der Waals surface area (Å²) >= 11 is 0. The largest absolute Gasteiger partial charge is 0.326 e. The van der Waals surface area contributed by atoms with Gasteiger partial charge in [0, 0.05) is 12.6 Å².